The van der Waals surface area contributed by atoms with Gasteiger partial charge in [0, 0.05) is 54.6 Å². The lowest BCUT2D eigenvalue weighted by Gasteiger charge is -2.22. The third-order valence-electron chi connectivity index (χ3n) is 6.77. The summed E-state index contributed by atoms with van der Waals surface area (Å²) in [5, 5.41) is 1.84. The fourth-order valence-electron chi connectivity index (χ4n) is 4.73. The van der Waals surface area contributed by atoms with Crippen LogP contribution in [-0.2, 0) is 17.8 Å². The number of methoxy groups -OCH3 is 2. The van der Waals surface area contributed by atoms with Crippen LogP contribution in [0.15, 0.2) is 72.9 Å². The Bertz CT molecular complexity index is 1350. The van der Waals surface area contributed by atoms with E-state index in [-0.39, 0.29) is 11.8 Å². The fraction of sp³-hybridized carbons (Fsp3) is 0.300. The second-order valence-corrected chi connectivity index (χ2v) is 9.39. The van der Waals surface area contributed by atoms with Crippen LogP contribution in [0.1, 0.15) is 36.0 Å². The molecule has 1 aromatic heterocycles. The molecule has 188 valence electrons. The Morgan fingerprint density at radius 3 is 2.50 bits per heavy atom. The van der Waals surface area contributed by atoms with Gasteiger partial charge in [-0.2, -0.15) is 0 Å². The Labute approximate surface area is 218 Å². The van der Waals surface area contributed by atoms with E-state index in [1.807, 2.05) is 48.3 Å². The van der Waals surface area contributed by atoms with E-state index < -0.39 is 0 Å². The quantitative estimate of drug-likeness (QED) is 0.246. The monoisotopic (exact) mass is 504 g/mol. The summed E-state index contributed by atoms with van der Waals surface area (Å²) < 4.78 is 13.0. The lowest BCUT2D eigenvalue weighted by atomic mass is 9.88. The molecule has 0 radical (unpaired) electrons. The molecule has 5 nitrogen and oxygen atoms in total. The Hall–Kier alpha value is -3.44. The van der Waals surface area contributed by atoms with Gasteiger partial charge in [-0.25, -0.2) is 0 Å². The average molecular weight is 505 g/mol. The summed E-state index contributed by atoms with van der Waals surface area (Å²) in [7, 11) is 5.12. The Balaban J connectivity index is 1.57. The number of hydrogen-bond acceptors (Lipinski definition) is 3. The van der Waals surface area contributed by atoms with Crippen LogP contribution in [0.4, 0.5) is 0 Å². The van der Waals surface area contributed by atoms with Gasteiger partial charge in [0.05, 0.1) is 14.2 Å². The third-order valence-corrected chi connectivity index (χ3v) is 7.01. The lowest BCUT2D eigenvalue weighted by molar-refractivity contribution is -0.130. The first-order valence-corrected chi connectivity index (χ1v) is 12.6. The summed E-state index contributed by atoms with van der Waals surface area (Å²) in [6.07, 6.45) is 3.27. The summed E-state index contributed by atoms with van der Waals surface area (Å²) in [6.45, 7) is 3.60. The average Bonchev–Trinajstić information content (AvgIpc) is 3.28. The Kier molecular flexibility index (Phi) is 8.21. The highest BCUT2D eigenvalue weighted by Gasteiger charge is 2.24. The molecule has 36 heavy (non-hydrogen) atoms. The van der Waals surface area contributed by atoms with E-state index in [0.717, 1.165) is 29.7 Å². The largest absolute Gasteiger partial charge is 0.493 e. The SMILES string of the molecule is CCn1cc(C(CC(=O)N(C)CCc2ccc(OC)c(OC)c2)c2cccc(Cl)c2)c2ccccc21. The van der Waals surface area contributed by atoms with Gasteiger partial charge in [0.1, 0.15) is 0 Å². The van der Waals surface area contributed by atoms with Crippen molar-refractivity contribution in [2.45, 2.75) is 32.2 Å². The van der Waals surface area contributed by atoms with Crippen molar-refractivity contribution in [2.75, 3.05) is 27.8 Å². The van der Waals surface area contributed by atoms with Crippen LogP contribution in [-0.4, -0.2) is 43.2 Å². The minimum atomic E-state index is -0.0996. The standard InChI is InChI=1S/C30H33ClN2O3/c1-5-33-20-26(24-11-6-7-12-27(24)33)25(22-9-8-10-23(31)18-22)19-30(34)32(2)16-15-21-13-14-28(35-3)29(17-21)36-4/h6-14,17-18,20,25H,5,15-16,19H2,1-4H3. The van der Waals surface area contributed by atoms with Crippen molar-refractivity contribution in [1.29, 1.82) is 0 Å². The molecule has 4 aromatic rings. The number of halogens is 1. The zero-order chi connectivity index (χ0) is 25.7. The van der Waals surface area contributed by atoms with Gasteiger partial charge in [-0.1, -0.05) is 48.0 Å². The van der Waals surface area contributed by atoms with Crippen LogP contribution in [0.2, 0.25) is 5.02 Å². The number of hydrogen-bond donors (Lipinski definition) is 0. The Morgan fingerprint density at radius 1 is 1.00 bits per heavy atom. The molecular formula is C30H33ClN2O3. The zero-order valence-electron chi connectivity index (χ0n) is 21.3. The molecular weight excluding hydrogens is 472 g/mol. The molecule has 0 spiro atoms. The molecule has 1 unspecified atom stereocenters. The number of likely N-dealkylation sites (N-methyl/N-ethyl adjacent to an activating group) is 1. The number of amides is 1. The number of benzene rings is 3. The normalized spacial score (nSPS) is 11.9. The van der Waals surface area contributed by atoms with Gasteiger partial charge in [0.15, 0.2) is 11.5 Å². The predicted octanol–water partition coefficient (Wildman–Crippen LogP) is 6.55. The van der Waals surface area contributed by atoms with Gasteiger partial charge in [0.25, 0.3) is 0 Å². The second kappa shape index (κ2) is 11.5. The summed E-state index contributed by atoms with van der Waals surface area (Å²) in [4.78, 5) is 15.3. The van der Waals surface area contributed by atoms with Gasteiger partial charge in [-0.3, -0.25) is 4.79 Å². The fourth-order valence-corrected chi connectivity index (χ4v) is 4.93. The molecule has 0 N–H and O–H groups in total. The van der Waals surface area contributed by atoms with Gasteiger partial charge in [0.2, 0.25) is 5.91 Å². The van der Waals surface area contributed by atoms with Crippen molar-refractivity contribution < 1.29 is 14.3 Å². The minimum absolute atomic E-state index is 0.0915. The number of carbonyl (C=O) groups is 1. The molecule has 6 heteroatoms. The van der Waals surface area contributed by atoms with Crippen LogP contribution >= 0.6 is 11.6 Å². The van der Waals surface area contributed by atoms with Crippen molar-refractivity contribution in [3.63, 3.8) is 0 Å². The number of nitrogens with zero attached hydrogens (tertiary/aromatic N) is 2. The van der Waals surface area contributed by atoms with Gasteiger partial charge in [-0.05, 0) is 60.4 Å². The van der Waals surface area contributed by atoms with E-state index in [9.17, 15) is 4.79 Å². The molecule has 0 saturated heterocycles. The molecule has 0 aliphatic heterocycles. The highest BCUT2D eigenvalue weighted by Crippen LogP contribution is 2.36. The number of ether oxygens (including phenoxy) is 2. The van der Waals surface area contributed by atoms with Crippen LogP contribution < -0.4 is 9.47 Å². The molecule has 0 bridgehead atoms. The maximum Gasteiger partial charge on any atom is 0.223 e. The molecule has 3 aromatic carbocycles. The smallest absolute Gasteiger partial charge is 0.223 e. The molecule has 0 aliphatic carbocycles. The van der Waals surface area contributed by atoms with Gasteiger partial charge in [-0.15, -0.1) is 0 Å². The maximum absolute atomic E-state index is 13.5. The van der Waals surface area contributed by atoms with Crippen LogP contribution in [0.25, 0.3) is 10.9 Å². The first-order valence-electron chi connectivity index (χ1n) is 12.2. The summed E-state index contributed by atoms with van der Waals surface area (Å²) in [5.74, 6) is 1.38. The topological polar surface area (TPSA) is 43.7 Å². The number of fused-ring (bicyclic) bond motifs is 1. The zero-order valence-corrected chi connectivity index (χ0v) is 22.1. The molecule has 1 atom stereocenters. The number of rotatable bonds is 10. The van der Waals surface area contributed by atoms with Crippen LogP contribution in [0, 0.1) is 0 Å². The van der Waals surface area contributed by atoms with E-state index in [0.29, 0.717) is 29.5 Å². The number of aryl methyl sites for hydroxylation is 1. The van der Waals surface area contributed by atoms with E-state index in [4.69, 9.17) is 21.1 Å². The summed E-state index contributed by atoms with van der Waals surface area (Å²) >= 11 is 6.37. The highest BCUT2D eigenvalue weighted by atomic mass is 35.5. The number of carbonyl (C=O) groups excluding carboxylic acids is 1. The van der Waals surface area contributed by atoms with Crippen molar-refractivity contribution in [3.8, 4) is 11.5 Å². The van der Waals surface area contributed by atoms with E-state index in [1.54, 1.807) is 14.2 Å². The molecule has 0 aliphatic rings. The molecule has 0 saturated carbocycles. The first-order chi connectivity index (χ1) is 17.4. The highest BCUT2D eigenvalue weighted by molar-refractivity contribution is 6.30. The molecule has 0 fully saturated rings. The Morgan fingerprint density at radius 2 is 1.78 bits per heavy atom. The van der Waals surface area contributed by atoms with Crippen molar-refractivity contribution in [3.05, 3.63) is 94.6 Å². The molecule has 1 amide bonds. The lowest BCUT2D eigenvalue weighted by Crippen LogP contribution is -2.30. The third kappa shape index (κ3) is 5.52. The van der Waals surface area contributed by atoms with Crippen molar-refractivity contribution in [1.82, 2.24) is 9.47 Å². The molecule has 1 heterocycles. The van der Waals surface area contributed by atoms with E-state index in [2.05, 4.69) is 48.0 Å². The van der Waals surface area contributed by atoms with Gasteiger partial charge < -0.3 is 18.9 Å². The number of para-hydroxylation sites is 1. The van der Waals surface area contributed by atoms with E-state index in [1.165, 1.54) is 10.9 Å². The molecule has 4 rings (SSSR count). The van der Waals surface area contributed by atoms with Crippen LogP contribution in [0.5, 0.6) is 11.5 Å². The van der Waals surface area contributed by atoms with Crippen molar-refractivity contribution >= 4 is 28.4 Å². The maximum atomic E-state index is 13.5. The van der Waals surface area contributed by atoms with Crippen LogP contribution in [0.3, 0.4) is 0 Å². The minimum Gasteiger partial charge on any atom is -0.493 e. The first kappa shape index (κ1) is 25.6. The second-order valence-electron chi connectivity index (χ2n) is 8.95. The van der Waals surface area contributed by atoms with E-state index >= 15 is 0 Å². The van der Waals surface area contributed by atoms with Gasteiger partial charge >= 0.3 is 0 Å². The predicted molar refractivity (Wildman–Crippen MR) is 146 cm³/mol. The van der Waals surface area contributed by atoms with Crippen molar-refractivity contribution in [2.24, 2.45) is 0 Å². The summed E-state index contributed by atoms with van der Waals surface area (Å²) in [6, 6.07) is 22.1. The number of aromatic nitrogens is 1. The summed E-state index contributed by atoms with van der Waals surface area (Å²) in [5.41, 5.74) is 4.46.